The third kappa shape index (κ3) is 8.63. The van der Waals surface area contributed by atoms with E-state index in [9.17, 15) is 26.7 Å². The van der Waals surface area contributed by atoms with E-state index in [0.29, 0.717) is 37.9 Å². The summed E-state index contributed by atoms with van der Waals surface area (Å²) >= 11 is 0. The van der Waals surface area contributed by atoms with E-state index in [2.05, 4.69) is 5.32 Å². The highest BCUT2D eigenvalue weighted by Crippen LogP contribution is 2.26. The first-order valence-electron chi connectivity index (χ1n) is 10.1. The maximum absolute atomic E-state index is 14.2. The van der Waals surface area contributed by atoms with Crippen LogP contribution in [0.4, 0.5) is 33.3 Å². The van der Waals surface area contributed by atoms with Crippen LogP contribution in [0.15, 0.2) is 30.3 Å². The molecule has 1 heterocycles. The second kappa shape index (κ2) is 15.5. The Balaban J connectivity index is 0.00000158. The molecular formula is C23H27F5N2O3. The second-order valence-electron chi connectivity index (χ2n) is 6.41. The lowest BCUT2D eigenvalue weighted by molar-refractivity contribution is -0.0987. The van der Waals surface area contributed by atoms with Gasteiger partial charge in [0, 0.05) is 36.5 Å². The number of carbonyl (C=O) groups is 3. The van der Waals surface area contributed by atoms with Crippen molar-refractivity contribution in [3.8, 4) is 0 Å². The van der Waals surface area contributed by atoms with Gasteiger partial charge in [-0.2, -0.15) is 0 Å². The number of hydrogen-bond donors (Lipinski definition) is 1. The average Bonchev–Trinajstić information content (AvgIpc) is 3.05. The zero-order valence-corrected chi connectivity index (χ0v) is 18.5. The lowest BCUT2D eigenvalue weighted by atomic mass is 10.1. The molecule has 1 unspecified atom stereocenters. The van der Waals surface area contributed by atoms with Gasteiger partial charge in [0.1, 0.15) is 25.6 Å². The summed E-state index contributed by atoms with van der Waals surface area (Å²) in [6, 6.07) is 4.83. The van der Waals surface area contributed by atoms with Crippen molar-refractivity contribution in [3.05, 3.63) is 59.2 Å². The Morgan fingerprint density at radius 2 is 1.52 bits per heavy atom. The number of hydrogen-bond acceptors (Lipinski definition) is 4. The average molecular weight is 474 g/mol. The summed E-state index contributed by atoms with van der Waals surface area (Å²) in [5, 5.41) is 2.24. The Kier molecular flexibility index (Phi) is 13.9. The Bertz CT molecular complexity index is 873. The fourth-order valence-corrected chi connectivity index (χ4v) is 3.04. The summed E-state index contributed by atoms with van der Waals surface area (Å²) < 4.78 is 67.6. The maximum atomic E-state index is 14.2. The van der Waals surface area contributed by atoms with E-state index in [0.717, 1.165) is 6.07 Å². The van der Waals surface area contributed by atoms with Gasteiger partial charge in [0.05, 0.1) is 5.69 Å². The standard InChI is InChI=1S/C19H17F5N2O.C2H6.2CH2O/c20-12-3-1-2-6-26(10-12)17-7-11(4-5-14(17)21)19(27)25-13-8-15(22)18(24)16(23)9-13;3*1-2/h4-5,7-9,12H,1-3,6,10H2,(H,25,27);1-2H3;2*1H2. The summed E-state index contributed by atoms with van der Waals surface area (Å²) in [6.45, 7) is 8.48. The Hall–Kier alpha value is -3.30. The van der Waals surface area contributed by atoms with E-state index in [1.54, 1.807) is 4.90 Å². The van der Waals surface area contributed by atoms with Crippen molar-refractivity contribution >= 4 is 30.9 Å². The molecule has 1 amide bonds. The predicted octanol–water partition coefficient (Wildman–Crippen LogP) is 5.48. The molecule has 0 aliphatic carbocycles. The number of halogens is 5. The van der Waals surface area contributed by atoms with E-state index in [-0.39, 0.29) is 23.5 Å². The van der Waals surface area contributed by atoms with Crippen LogP contribution in [0, 0.1) is 23.3 Å². The van der Waals surface area contributed by atoms with Crippen LogP contribution in [0.5, 0.6) is 0 Å². The molecule has 2 aromatic carbocycles. The van der Waals surface area contributed by atoms with Crippen LogP contribution in [-0.4, -0.2) is 38.7 Å². The molecule has 10 heteroatoms. The van der Waals surface area contributed by atoms with Crippen molar-refractivity contribution in [2.45, 2.75) is 39.3 Å². The number of nitrogens with zero attached hydrogens (tertiary/aromatic N) is 1. The molecule has 1 saturated heterocycles. The maximum Gasteiger partial charge on any atom is 0.255 e. The zero-order chi connectivity index (χ0) is 25.6. The van der Waals surface area contributed by atoms with E-state index < -0.39 is 35.3 Å². The number of nitrogens with one attached hydrogen (secondary N) is 1. The minimum Gasteiger partial charge on any atom is -0.366 e. The minimum atomic E-state index is -1.64. The molecule has 1 atom stereocenters. The largest absolute Gasteiger partial charge is 0.366 e. The van der Waals surface area contributed by atoms with E-state index in [1.807, 2.05) is 27.4 Å². The second-order valence-corrected chi connectivity index (χ2v) is 6.41. The van der Waals surface area contributed by atoms with Crippen LogP contribution in [0.25, 0.3) is 0 Å². The Morgan fingerprint density at radius 3 is 2.09 bits per heavy atom. The molecule has 1 fully saturated rings. The number of amides is 1. The smallest absolute Gasteiger partial charge is 0.255 e. The molecule has 1 N–H and O–H groups in total. The Morgan fingerprint density at radius 1 is 0.939 bits per heavy atom. The molecular weight excluding hydrogens is 447 g/mol. The summed E-state index contributed by atoms with van der Waals surface area (Å²) in [5.74, 6) is -5.88. The van der Waals surface area contributed by atoms with Crippen molar-refractivity contribution in [1.82, 2.24) is 0 Å². The van der Waals surface area contributed by atoms with Gasteiger partial charge in [-0.1, -0.05) is 13.8 Å². The van der Waals surface area contributed by atoms with E-state index in [1.165, 1.54) is 12.1 Å². The first-order chi connectivity index (χ1) is 15.8. The van der Waals surface area contributed by atoms with Crippen molar-refractivity contribution < 1.29 is 36.3 Å². The normalized spacial score (nSPS) is 14.8. The molecule has 0 radical (unpaired) electrons. The highest BCUT2D eigenvalue weighted by Gasteiger charge is 2.21. The number of benzene rings is 2. The molecule has 5 nitrogen and oxygen atoms in total. The van der Waals surface area contributed by atoms with Crippen LogP contribution in [0.2, 0.25) is 0 Å². The minimum absolute atomic E-state index is 0.0242. The van der Waals surface area contributed by atoms with Crippen molar-refractivity contribution in [3.63, 3.8) is 0 Å². The van der Waals surface area contributed by atoms with Crippen molar-refractivity contribution in [1.29, 1.82) is 0 Å². The molecule has 1 aliphatic rings. The fourth-order valence-electron chi connectivity index (χ4n) is 3.04. The molecule has 0 spiro atoms. The van der Waals surface area contributed by atoms with Gasteiger partial charge in [0.15, 0.2) is 17.5 Å². The van der Waals surface area contributed by atoms with Gasteiger partial charge in [-0.25, -0.2) is 22.0 Å². The SMILES string of the molecule is C=O.C=O.CC.O=C(Nc1cc(F)c(F)c(F)c1)c1ccc(F)c(N2CCCCC(F)C2)c1. The summed E-state index contributed by atoms with van der Waals surface area (Å²) in [4.78, 5) is 29.9. The highest BCUT2D eigenvalue weighted by atomic mass is 19.2. The van der Waals surface area contributed by atoms with Gasteiger partial charge < -0.3 is 19.8 Å². The summed E-state index contributed by atoms with van der Waals surface area (Å²) in [7, 11) is 0. The first-order valence-corrected chi connectivity index (χ1v) is 10.1. The number of carbonyl (C=O) groups excluding carboxylic acids is 3. The highest BCUT2D eigenvalue weighted by molar-refractivity contribution is 6.04. The molecule has 3 rings (SSSR count). The number of rotatable bonds is 3. The third-order valence-electron chi connectivity index (χ3n) is 4.40. The van der Waals surface area contributed by atoms with Crippen LogP contribution in [0.1, 0.15) is 43.5 Å². The van der Waals surface area contributed by atoms with Gasteiger partial charge in [-0.15, -0.1) is 0 Å². The molecule has 0 bridgehead atoms. The molecule has 0 saturated carbocycles. The predicted molar refractivity (Wildman–Crippen MR) is 117 cm³/mol. The third-order valence-corrected chi connectivity index (χ3v) is 4.40. The van der Waals surface area contributed by atoms with Crippen LogP contribution in [0.3, 0.4) is 0 Å². The van der Waals surface area contributed by atoms with Gasteiger partial charge in [-0.3, -0.25) is 4.79 Å². The molecule has 2 aromatic rings. The Labute approximate surface area is 189 Å². The van der Waals surface area contributed by atoms with Crippen LogP contribution in [-0.2, 0) is 9.59 Å². The molecule has 33 heavy (non-hydrogen) atoms. The monoisotopic (exact) mass is 474 g/mol. The van der Waals surface area contributed by atoms with E-state index >= 15 is 0 Å². The molecule has 0 aromatic heterocycles. The van der Waals surface area contributed by atoms with Crippen LogP contribution >= 0.6 is 0 Å². The van der Waals surface area contributed by atoms with Crippen LogP contribution < -0.4 is 10.2 Å². The van der Waals surface area contributed by atoms with Gasteiger partial charge in [0.25, 0.3) is 5.91 Å². The molecule has 1 aliphatic heterocycles. The van der Waals surface area contributed by atoms with Crippen molar-refractivity contribution in [2.24, 2.45) is 0 Å². The summed E-state index contributed by atoms with van der Waals surface area (Å²) in [6.07, 6.45) is 0.709. The summed E-state index contributed by atoms with van der Waals surface area (Å²) in [5.41, 5.74) is -0.166. The quantitative estimate of drug-likeness (QED) is 0.473. The zero-order valence-electron chi connectivity index (χ0n) is 18.5. The fraction of sp³-hybridized carbons (Fsp3) is 0.348. The van der Waals surface area contributed by atoms with Crippen molar-refractivity contribution in [2.75, 3.05) is 23.3 Å². The first kappa shape index (κ1) is 29.7. The van der Waals surface area contributed by atoms with Gasteiger partial charge >= 0.3 is 0 Å². The lowest BCUT2D eigenvalue weighted by Crippen LogP contribution is -2.30. The van der Waals surface area contributed by atoms with Gasteiger partial charge in [-0.05, 0) is 37.5 Å². The molecule has 182 valence electrons. The number of anilines is 2. The number of alkyl halides is 1. The topological polar surface area (TPSA) is 66.5 Å². The van der Waals surface area contributed by atoms with Gasteiger partial charge in [0.2, 0.25) is 0 Å². The van der Waals surface area contributed by atoms with E-state index in [4.69, 9.17) is 9.59 Å². The lowest BCUT2D eigenvalue weighted by Gasteiger charge is -2.24.